The predicted octanol–water partition coefficient (Wildman–Crippen LogP) is 4.11. The molecule has 2 aromatic rings. The number of rotatable bonds is 4. The first-order chi connectivity index (χ1) is 9.04. The Morgan fingerprint density at radius 2 is 2.21 bits per heavy atom. The van der Waals surface area contributed by atoms with Gasteiger partial charge in [0, 0.05) is 7.05 Å². The molecule has 0 radical (unpaired) electrons. The molecule has 0 aliphatic heterocycles. The minimum atomic E-state index is 0.652. The SMILES string of the molecule is CCCc1nn(C)c(Nc2cccc(Cl)c2Br)c1N. The molecule has 1 aromatic carbocycles. The highest BCUT2D eigenvalue weighted by atomic mass is 79.9. The molecule has 0 aliphatic carbocycles. The largest absolute Gasteiger partial charge is 0.394 e. The highest BCUT2D eigenvalue weighted by Crippen LogP contribution is 2.34. The molecule has 1 heterocycles. The van der Waals surface area contributed by atoms with E-state index in [1.54, 1.807) is 4.68 Å². The normalized spacial score (nSPS) is 10.7. The number of hydrogen-bond donors (Lipinski definition) is 2. The lowest BCUT2D eigenvalue weighted by molar-refractivity contribution is 0.740. The third-order valence-corrected chi connectivity index (χ3v) is 4.25. The third-order valence-electron chi connectivity index (χ3n) is 2.85. The van der Waals surface area contributed by atoms with E-state index in [1.807, 2.05) is 25.2 Å². The second-order valence-electron chi connectivity index (χ2n) is 4.31. The molecular formula is C13H16BrClN4. The average molecular weight is 344 g/mol. The van der Waals surface area contributed by atoms with Gasteiger partial charge in [-0.15, -0.1) is 0 Å². The van der Waals surface area contributed by atoms with Gasteiger partial charge in [0.15, 0.2) is 5.82 Å². The number of aryl methyl sites for hydroxylation is 2. The summed E-state index contributed by atoms with van der Waals surface area (Å²) in [5, 5.41) is 8.35. The van der Waals surface area contributed by atoms with Crippen molar-refractivity contribution >= 4 is 44.7 Å². The summed E-state index contributed by atoms with van der Waals surface area (Å²) in [4.78, 5) is 0. The van der Waals surface area contributed by atoms with Gasteiger partial charge in [-0.1, -0.05) is 31.0 Å². The van der Waals surface area contributed by atoms with E-state index in [0.29, 0.717) is 10.7 Å². The van der Waals surface area contributed by atoms with Crippen LogP contribution in [-0.4, -0.2) is 9.78 Å². The minimum Gasteiger partial charge on any atom is -0.394 e. The maximum absolute atomic E-state index is 6.13. The van der Waals surface area contributed by atoms with Crippen molar-refractivity contribution < 1.29 is 0 Å². The summed E-state index contributed by atoms with van der Waals surface area (Å²) in [6.45, 7) is 2.11. The first-order valence-electron chi connectivity index (χ1n) is 6.07. The number of benzene rings is 1. The van der Waals surface area contributed by atoms with E-state index >= 15 is 0 Å². The summed E-state index contributed by atoms with van der Waals surface area (Å²) in [6, 6.07) is 5.64. The zero-order valence-electron chi connectivity index (χ0n) is 10.9. The van der Waals surface area contributed by atoms with Gasteiger partial charge in [0.2, 0.25) is 0 Å². The molecule has 6 heteroatoms. The summed E-state index contributed by atoms with van der Waals surface area (Å²) >= 11 is 9.53. The number of aromatic nitrogens is 2. The number of nitrogens with zero attached hydrogens (tertiary/aromatic N) is 2. The lowest BCUT2D eigenvalue weighted by Gasteiger charge is -2.10. The van der Waals surface area contributed by atoms with E-state index < -0.39 is 0 Å². The quantitative estimate of drug-likeness (QED) is 0.878. The molecule has 0 aliphatic rings. The number of nitrogens with two attached hydrogens (primary N) is 1. The smallest absolute Gasteiger partial charge is 0.152 e. The Kier molecular flexibility index (Phi) is 4.37. The van der Waals surface area contributed by atoms with E-state index in [9.17, 15) is 0 Å². The van der Waals surface area contributed by atoms with Crippen molar-refractivity contribution in [2.75, 3.05) is 11.1 Å². The molecule has 0 unspecified atom stereocenters. The van der Waals surface area contributed by atoms with Crippen LogP contribution < -0.4 is 11.1 Å². The molecule has 19 heavy (non-hydrogen) atoms. The fourth-order valence-corrected chi connectivity index (χ4v) is 2.43. The van der Waals surface area contributed by atoms with Crippen LogP contribution in [0, 0.1) is 0 Å². The van der Waals surface area contributed by atoms with E-state index in [0.717, 1.165) is 34.5 Å². The molecule has 0 spiro atoms. The number of halogens is 2. The summed E-state index contributed by atoms with van der Waals surface area (Å²) in [6.07, 6.45) is 1.89. The van der Waals surface area contributed by atoms with Crippen LogP contribution in [-0.2, 0) is 13.5 Å². The molecule has 2 rings (SSSR count). The molecule has 1 aromatic heterocycles. The van der Waals surface area contributed by atoms with E-state index in [4.69, 9.17) is 17.3 Å². The Morgan fingerprint density at radius 3 is 2.89 bits per heavy atom. The van der Waals surface area contributed by atoms with Crippen molar-refractivity contribution in [1.82, 2.24) is 9.78 Å². The van der Waals surface area contributed by atoms with Crippen LogP contribution in [0.2, 0.25) is 5.02 Å². The van der Waals surface area contributed by atoms with Crippen LogP contribution in [0.25, 0.3) is 0 Å². The molecule has 0 saturated heterocycles. The Morgan fingerprint density at radius 1 is 1.47 bits per heavy atom. The Labute approximate surface area is 126 Å². The van der Waals surface area contributed by atoms with Crippen LogP contribution in [0.4, 0.5) is 17.2 Å². The molecule has 0 bridgehead atoms. The van der Waals surface area contributed by atoms with Gasteiger partial charge < -0.3 is 11.1 Å². The van der Waals surface area contributed by atoms with Gasteiger partial charge in [-0.25, -0.2) is 0 Å². The van der Waals surface area contributed by atoms with E-state index in [2.05, 4.69) is 33.3 Å². The van der Waals surface area contributed by atoms with E-state index in [1.165, 1.54) is 0 Å². The maximum atomic E-state index is 6.13. The van der Waals surface area contributed by atoms with Crippen LogP contribution in [0.5, 0.6) is 0 Å². The summed E-state index contributed by atoms with van der Waals surface area (Å²) in [7, 11) is 1.87. The zero-order valence-corrected chi connectivity index (χ0v) is 13.2. The second-order valence-corrected chi connectivity index (χ2v) is 5.51. The van der Waals surface area contributed by atoms with Crippen molar-refractivity contribution in [2.45, 2.75) is 19.8 Å². The molecule has 3 N–H and O–H groups in total. The van der Waals surface area contributed by atoms with Crippen LogP contribution in [0.1, 0.15) is 19.0 Å². The topological polar surface area (TPSA) is 55.9 Å². The highest BCUT2D eigenvalue weighted by molar-refractivity contribution is 9.10. The van der Waals surface area contributed by atoms with Crippen LogP contribution in [0.15, 0.2) is 22.7 Å². The van der Waals surface area contributed by atoms with Gasteiger partial charge in [-0.05, 0) is 34.5 Å². The first kappa shape index (κ1) is 14.2. The highest BCUT2D eigenvalue weighted by Gasteiger charge is 2.14. The van der Waals surface area contributed by atoms with Gasteiger partial charge in [-0.2, -0.15) is 5.10 Å². The van der Waals surface area contributed by atoms with Gasteiger partial charge in [0.05, 0.1) is 26.6 Å². The first-order valence-corrected chi connectivity index (χ1v) is 7.24. The molecule has 0 amide bonds. The summed E-state index contributed by atoms with van der Waals surface area (Å²) < 4.78 is 2.57. The van der Waals surface area contributed by atoms with Crippen LogP contribution >= 0.6 is 27.5 Å². The van der Waals surface area contributed by atoms with Crippen LogP contribution in [0.3, 0.4) is 0 Å². The van der Waals surface area contributed by atoms with Crippen molar-refractivity contribution in [1.29, 1.82) is 0 Å². The third kappa shape index (κ3) is 2.87. The fraction of sp³-hybridized carbons (Fsp3) is 0.308. The van der Waals surface area contributed by atoms with Crippen molar-refractivity contribution in [3.8, 4) is 0 Å². The molecule has 102 valence electrons. The minimum absolute atomic E-state index is 0.652. The van der Waals surface area contributed by atoms with Crippen molar-refractivity contribution in [2.24, 2.45) is 7.05 Å². The number of anilines is 3. The van der Waals surface area contributed by atoms with E-state index in [-0.39, 0.29) is 0 Å². The maximum Gasteiger partial charge on any atom is 0.152 e. The zero-order chi connectivity index (χ0) is 14.0. The monoisotopic (exact) mass is 342 g/mol. The molecule has 0 fully saturated rings. The average Bonchev–Trinajstić information content (AvgIpc) is 2.63. The Hall–Kier alpha value is -1.20. The summed E-state index contributed by atoms with van der Waals surface area (Å²) in [5.74, 6) is 0.784. The molecule has 0 atom stereocenters. The van der Waals surface area contributed by atoms with Gasteiger partial charge in [0.1, 0.15) is 0 Å². The van der Waals surface area contributed by atoms with Crippen molar-refractivity contribution in [3.63, 3.8) is 0 Å². The lowest BCUT2D eigenvalue weighted by atomic mass is 10.2. The number of hydrogen-bond acceptors (Lipinski definition) is 3. The van der Waals surface area contributed by atoms with Gasteiger partial charge in [0.25, 0.3) is 0 Å². The Balaban J connectivity index is 2.36. The Bertz CT molecular complexity index is 595. The summed E-state index contributed by atoms with van der Waals surface area (Å²) in [5.41, 5.74) is 8.61. The fourth-order valence-electron chi connectivity index (χ4n) is 1.89. The standard InChI is InChI=1S/C13H16BrClN4/c1-3-5-10-12(16)13(19(2)18-10)17-9-7-4-6-8(15)11(9)14/h4,6-7,17H,3,5,16H2,1-2H3. The molecular weight excluding hydrogens is 328 g/mol. The number of nitrogens with one attached hydrogen (secondary N) is 1. The van der Waals surface area contributed by atoms with Crippen molar-refractivity contribution in [3.05, 3.63) is 33.4 Å². The lowest BCUT2D eigenvalue weighted by Crippen LogP contribution is -2.01. The van der Waals surface area contributed by atoms with Gasteiger partial charge >= 0.3 is 0 Å². The number of nitrogen functional groups attached to an aromatic ring is 1. The van der Waals surface area contributed by atoms with Gasteiger partial charge in [-0.3, -0.25) is 4.68 Å². The molecule has 0 saturated carbocycles. The predicted molar refractivity (Wildman–Crippen MR) is 84.1 cm³/mol. The second kappa shape index (κ2) is 5.84. The molecule has 4 nitrogen and oxygen atoms in total.